The van der Waals surface area contributed by atoms with Crippen molar-refractivity contribution < 1.29 is 5.11 Å². The number of nitrogens with zero attached hydrogens (tertiary/aromatic N) is 1. The molecule has 2 heteroatoms. The van der Waals surface area contributed by atoms with Crippen molar-refractivity contribution in [3.63, 3.8) is 0 Å². The lowest BCUT2D eigenvalue weighted by Gasteiger charge is -2.23. The Morgan fingerprint density at radius 2 is 2.00 bits per heavy atom. The van der Waals surface area contributed by atoms with E-state index in [9.17, 15) is 0 Å². The summed E-state index contributed by atoms with van der Waals surface area (Å²) in [6.45, 7) is 7.43. The van der Waals surface area contributed by atoms with Gasteiger partial charge in [-0.15, -0.1) is 0 Å². The third-order valence-electron chi connectivity index (χ3n) is 1.80. The van der Waals surface area contributed by atoms with Crippen LogP contribution in [-0.4, -0.2) is 29.3 Å². The minimum atomic E-state index is 0.186. The largest absolute Gasteiger partial charge is 0.381 e. The minimum Gasteiger partial charge on any atom is -0.381 e. The van der Waals surface area contributed by atoms with Crippen LogP contribution < -0.4 is 0 Å². The molecule has 0 bridgehead atoms. The van der Waals surface area contributed by atoms with Crippen molar-refractivity contribution in [3.8, 4) is 0 Å². The van der Waals surface area contributed by atoms with E-state index in [0.717, 1.165) is 13.0 Å². The molecule has 1 unspecified atom stereocenters. The van der Waals surface area contributed by atoms with E-state index in [1.54, 1.807) is 0 Å². The van der Waals surface area contributed by atoms with Gasteiger partial charge in [-0.3, -0.25) is 4.90 Å². The summed E-state index contributed by atoms with van der Waals surface area (Å²) in [7, 11) is 0. The molecule has 0 saturated heterocycles. The summed E-state index contributed by atoms with van der Waals surface area (Å²) in [6, 6.07) is 0.514. The predicted molar refractivity (Wildman–Crippen MR) is 39.2 cm³/mol. The van der Waals surface area contributed by atoms with Gasteiger partial charge < -0.3 is 5.11 Å². The standard InChI is InChI=1S/C7H17NO/c1-4-7(3)8(5-2)6-9/h7,9H,4-6H2,1-3H3. The van der Waals surface area contributed by atoms with E-state index < -0.39 is 0 Å². The number of hydrogen-bond donors (Lipinski definition) is 1. The van der Waals surface area contributed by atoms with Gasteiger partial charge in [0.15, 0.2) is 0 Å². The van der Waals surface area contributed by atoms with Crippen molar-refractivity contribution in [2.24, 2.45) is 0 Å². The van der Waals surface area contributed by atoms with Gasteiger partial charge in [-0.2, -0.15) is 0 Å². The van der Waals surface area contributed by atoms with E-state index in [-0.39, 0.29) is 6.73 Å². The zero-order valence-electron chi connectivity index (χ0n) is 6.59. The molecular formula is C7H17NO. The molecule has 0 saturated carbocycles. The van der Waals surface area contributed by atoms with Crippen molar-refractivity contribution in [2.45, 2.75) is 33.2 Å². The Hall–Kier alpha value is -0.0800. The van der Waals surface area contributed by atoms with Crippen LogP contribution in [0.1, 0.15) is 27.2 Å². The van der Waals surface area contributed by atoms with Gasteiger partial charge in [0.2, 0.25) is 0 Å². The van der Waals surface area contributed by atoms with E-state index in [4.69, 9.17) is 5.11 Å². The van der Waals surface area contributed by atoms with Crippen LogP contribution in [0.3, 0.4) is 0 Å². The third kappa shape index (κ3) is 2.82. The molecular weight excluding hydrogens is 114 g/mol. The Balaban J connectivity index is 3.50. The first-order chi connectivity index (χ1) is 4.26. The van der Waals surface area contributed by atoms with Crippen LogP contribution in [0.25, 0.3) is 0 Å². The molecule has 56 valence electrons. The summed E-state index contributed by atoms with van der Waals surface area (Å²) in [5.74, 6) is 0. The van der Waals surface area contributed by atoms with Crippen LogP contribution in [0.4, 0.5) is 0 Å². The Kier molecular flexibility index (Phi) is 4.72. The average molecular weight is 131 g/mol. The minimum absolute atomic E-state index is 0.186. The molecule has 0 aromatic rings. The highest BCUT2D eigenvalue weighted by molar-refractivity contribution is 4.58. The fraction of sp³-hybridized carbons (Fsp3) is 1.00. The fourth-order valence-electron chi connectivity index (χ4n) is 0.809. The summed E-state index contributed by atoms with van der Waals surface area (Å²) >= 11 is 0. The van der Waals surface area contributed by atoms with E-state index >= 15 is 0 Å². The van der Waals surface area contributed by atoms with Gasteiger partial charge in [0.1, 0.15) is 0 Å². The van der Waals surface area contributed by atoms with Gasteiger partial charge in [-0.1, -0.05) is 13.8 Å². The van der Waals surface area contributed by atoms with Gasteiger partial charge in [0.25, 0.3) is 0 Å². The maximum atomic E-state index is 8.75. The van der Waals surface area contributed by atoms with Crippen LogP contribution in [0, 0.1) is 0 Å². The van der Waals surface area contributed by atoms with Crippen LogP contribution >= 0.6 is 0 Å². The molecule has 1 N–H and O–H groups in total. The third-order valence-corrected chi connectivity index (χ3v) is 1.80. The van der Waals surface area contributed by atoms with E-state index in [1.165, 1.54) is 0 Å². The second kappa shape index (κ2) is 4.77. The van der Waals surface area contributed by atoms with Crippen LogP contribution in [0.2, 0.25) is 0 Å². The Bertz CT molecular complexity index is 61.9. The monoisotopic (exact) mass is 131 g/mol. The number of rotatable bonds is 4. The molecule has 0 aliphatic heterocycles. The quantitative estimate of drug-likeness (QED) is 0.577. The lowest BCUT2D eigenvalue weighted by molar-refractivity contribution is 0.0778. The topological polar surface area (TPSA) is 23.5 Å². The molecule has 9 heavy (non-hydrogen) atoms. The van der Waals surface area contributed by atoms with Gasteiger partial charge in [-0.05, 0) is 19.9 Å². The zero-order valence-corrected chi connectivity index (χ0v) is 6.59. The molecule has 0 aliphatic rings. The van der Waals surface area contributed by atoms with Crippen molar-refractivity contribution in [1.82, 2.24) is 4.90 Å². The zero-order chi connectivity index (χ0) is 7.28. The maximum Gasteiger partial charge on any atom is 0.0958 e. The molecule has 0 aromatic carbocycles. The van der Waals surface area contributed by atoms with E-state index in [1.807, 2.05) is 4.90 Å². The molecule has 0 amide bonds. The fourth-order valence-corrected chi connectivity index (χ4v) is 0.809. The molecule has 0 radical (unpaired) electrons. The van der Waals surface area contributed by atoms with Gasteiger partial charge in [0.05, 0.1) is 6.73 Å². The highest BCUT2D eigenvalue weighted by Gasteiger charge is 2.06. The summed E-state index contributed by atoms with van der Waals surface area (Å²) in [5.41, 5.74) is 0. The molecule has 0 spiro atoms. The molecule has 1 atom stereocenters. The highest BCUT2D eigenvalue weighted by Crippen LogP contribution is 1.99. The molecule has 0 aromatic heterocycles. The SMILES string of the molecule is CCC(C)N(CC)CO. The van der Waals surface area contributed by atoms with Crippen molar-refractivity contribution in [3.05, 3.63) is 0 Å². The lowest BCUT2D eigenvalue weighted by Crippen LogP contribution is -2.32. The summed E-state index contributed by atoms with van der Waals surface area (Å²) in [5, 5.41) is 8.75. The second-order valence-electron chi connectivity index (χ2n) is 2.30. The van der Waals surface area contributed by atoms with Crippen LogP contribution in [0.5, 0.6) is 0 Å². The Morgan fingerprint density at radius 3 is 2.11 bits per heavy atom. The summed E-state index contributed by atoms with van der Waals surface area (Å²) < 4.78 is 0. The van der Waals surface area contributed by atoms with Crippen molar-refractivity contribution in [2.75, 3.05) is 13.3 Å². The van der Waals surface area contributed by atoms with Crippen LogP contribution in [0.15, 0.2) is 0 Å². The smallest absolute Gasteiger partial charge is 0.0958 e. The summed E-state index contributed by atoms with van der Waals surface area (Å²) in [4.78, 5) is 2.03. The highest BCUT2D eigenvalue weighted by atomic mass is 16.3. The van der Waals surface area contributed by atoms with Crippen LogP contribution in [-0.2, 0) is 0 Å². The second-order valence-corrected chi connectivity index (χ2v) is 2.30. The number of hydrogen-bond acceptors (Lipinski definition) is 2. The molecule has 0 aliphatic carbocycles. The van der Waals surface area contributed by atoms with Gasteiger partial charge >= 0.3 is 0 Å². The maximum absolute atomic E-state index is 8.75. The predicted octanol–water partition coefficient (Wildman–Crippen LogP) is 1.06. The Morgan fingerprint density at radius 1 is 1.44 bits per heavy atom. The summed E-state index contributed by atoms with van der Waals surface area (Å²) in [6.07, 6.45) is 1.11. The molecule has 2 nitrogen and oxygen atoms in total. The molecule has 0 fully saturated rings. The first-order valence-electron chi connectivity index (χ1n) is 3.61. The van der Waals surface area contributed by atoms with E-state index in [2.05, 4.69) is 20.8 Å². The first kappa shape index (κ1) is 8.92. The lowest BCUT2D eigenvalue weighted by atomic mass is 10.2. The first-order valence-corrected chi connectivity index (χ1v) is 3.61. The molecule has 0 heterocycles. The van der Waals surface area contributed by atoms with Crippen molar-refractivity contribution in [1.29, 1.82) is 0 Å². The average Bonchev–Trinajstić information content (AvgIpc) is 1.90. The number of aliphatic hydroxyl groups is 1. The molecule has 0 rings (SSSR count). The van der Waals surface area contributed by atoms with Gasteiger partial charge in [0, 0.05) is 6.04 Å². The van der Waals surface area contributed by atoms with Gasteiger partial charge in [-0.25, -0.2) is 0 Å². The van der Waals surface area contributed by atoms with E-state index in [0.29, 0.717) is 6.04 Å². The Labute approximate surface area is 57.5 Å². The van der Waals surface area contributed by atoms with Crippen molar-refractivity contribution >= 4 is 0 Å². The number of aliphatic hydroxyl groups excluding tert-OH is 1. The normalized spacial score (nSPS) is 14.3.